The molecule has 2 rings (SSSR count). The fraction of sp³-hybridized carbons (Fsp3) is 0.476. The minimum absolute atomic E-state index is 0. The molecule has 2 aromatic rings. The Hall–Kier alpha value is -1.78. The zero-order valence-corrected chi connectivity index (χ0v) is 19.9. The van der Waals surface area contributed by atoms with Crippen molar-refractivity contribution in [3.05, 3.63) is 53.5 Å². The first-order valence-corrected chi connectivity index (χ1v) is 9.47. The Morgan fingerprint density at radius 3 is 2.62 bits per heavy atom. The fourth-order valence-corrected chi connectivity index (χ4v) is 2.62. The first kappa shape index (κ1) is 25.3. The molecule has 0 saturated heterocycles. The third kappa shape index (κ3) is 8.23. The van der Waals surface area contributed by atoms with Gasteiger partial charge in [0.05, 0.1) is 26.9 Å². The number of para-hydroxylation sites is 1. The summed E-state index contributed by atoms with van der Waals surface area (Å²) in [4.78, 5) is 4.46. The van der Waals surface area contributed by atoms with E-state index in [0.29, 0.717) is 31.5 Å². The Balaban J connectivity index is 0.00000420. The van der Waals surface area contributed by atoms with Gasteiger partial charge in [-0.2, -0.15) is 0 Å². The molecule has 0 fully saturated rings. The Labute approximate surface area is 189 Å². The fourth-order valence-electron chi connectivity index (χ4n) is 2.62. The van der Waals surface area contributed by atoms with E-state index in [1.165, 1.54) is 0 Å². The summed E-state index contributed by atoms with van der Waals surface area (Å²) < 4.78 is 16.6. The average molecular weight is 517 g/mol. The molecule has 0 aliphatic carbocycles. The molecule has 1 atom stereocenters. The lowest BCUT2D eigenvalue weighted by Gasteiger charge is -2.19. The van der Waals surface area contributed by atoms with E-state index in [9.17, 15) is 5.11 Å². The lowest BCUT2D eigenvalue weighted by Crippen LogP contribution is -2.40. The zero-order valence-electron chi connectivity index (χ0n) is 17.5. The van der Waals surface area contributed by atoms with Crippen molar-refractivity contribution in [1.29, 1.82) is 0 Å². The first-order chi connectivity index (χ1) is 13.5. The molecule has 1 aromatic heterocycles. The molecule has 7 nitrogen and oxygen atoms in total. The van der Waals surface area contributed by atoms with Crippen LogP contribution in [-0.2, 0) is 16.9 Å². The van der Waals surface area contributed by atoms with E-state index in [4.69, 9.17) is 13.9 Å². The maximum atomic E-state index is 10.6. The molecule has 0 spiro atoms. The van der Waals surface area contributed by atoms with Crippen LogP contribution in [0.15, 0.2) is 45.8 Å². The number of guanidine groups is 1. The van der Waals surface area contributed by atoms with Gasteiger partial charge in [-0.05, 0) is 39.0 Å². The molecular formula is C21H32IN3O4. The monoisotopic (exact) mass is 517 g/mol. The number of furan rings is 1. The molecule has 0 saturated carbocycles. The minimum Gasteiger partial charge on any atom is -0.496 e. The van der Waals surface area contributed by atoms with Gasteiger partial charge in [-0.3, -0.25) is 0 Å². The van der Waals surface area contributed by atoms with E-state index >= 15 is 0 Å². The van der Waals surface area contributed by atoms with Gasteiger partial charge in [0.1, 0.15) is 22.9 Å². The molecule has 0 bridgehead atoms. The van der Waals surface area contributed by atoms with Crippen LogP contribution in [0, 0.1) is 6.92 Å². The van der Waals surface area contributed by atoms with Gasteiger partial charge in [0, 0.05) is 18.7 Å². The third-order valence-corrected chi connectivity index (χ3v) is 4.15. The molecular weight excluding hydrogens is 485 g/mol. The highest BCUT2D eigenvalue weighted by Crippen LogP contribution is 2.23. The molecule has 3 N–H and O–H groups in total. The van der Waals surface area contributed by atoms with Crippen molar-refractivity contribution >= 4 is 29.9 Å². The number of aliphatic hydroxyl groups is 1. The summed E-state index contributed by atoms with van der Waals surface area (Å²) in [6.07, 6.45) is 0. The topological polar surface area (TPSA) is 88.3 Å². The lowest BCUT2D eigenvalue weighted by atomic mass is 10.0. The highest BCUT2D eigenvalue weighted by atomic mass is 127. The van der Waals surface area contributed by atoms with E-state index in [1.807, 2.05) is 44.2 Å². The van der Waals surface area contributed by atoms with Gasteiger partial charge in [-0.1, -0.05) is 18.2 Å². The van der Waals surface area contributed by atoms with Crippen LogP contribution < -0.4 is 15.4 Å². The quantitative estimate of drug-likeness (QED) is 0.194. The van der Waals surface area contributed by atoms with Gasteiger partial charge in [0.2, 0.25) is 0 Å². The van der Waals surface area contributed by atoms with E-state index in [-0.39, 0.29) is 30.5 Å². The van der Waals surface area contributed by atoms with Crippen LogP contribution in [-0.4, -0.2) is 44.4 Å². The zero-order chi connectivity index (χ0) is 20.4. The van der Waals surface area contributed by atoms with Crippen molar-refractivity contribution in [2.45, 2.75) is 33.0 Å². The van der Waals surface area contributed by atoms with Crippen LogP contribution in [0.1, 0.15) is 30.9 Å². The summed E-state index contributed by atoms with van der Waals surface area (Å²) >= 11 is 0. The maximum absolute atomic E-state index is 10.6. The molecule has 0 radical (unpaired) electrons. The van der Waals surface area contributed by atoms with Crippen molar-refractivity contribution in [1.82, 2.24) is 10.6 Å². The Bertz CT molecular complexity index is 762. The summed E-state index contributed by atoms with van der Waals surface area (Å²) in [5.74, 6) is 2.70. The van der Waals surface area contributed by atoms with Gasteiger partial charge in [0.25, 0.3) is 0 Å². The van der Waals surface area contributed by atoms with Crippen LogP contribution in [0.4, 0.5) is 0 Å². The van der Waals surface area contributed by atoms with Crippen LogP contribution in [0.5, 0.6) is 5.75 Å². The molecule has 0 aliphatic rings. The number of nitrogens with one attached hydrogen (secondary N) is 2. The Morgan fingerprint density at radius 2 is 1.97 bits per heavy atom. The largest absolute Gasteiger partial charge is 0.496 e. The lowest BCUT2D eigenvalue weighted by molar-refractivity contribution is 0.0428. The minimum atomic E-state index is -1.17. The molecule has 1 unspecified atom stereocenters. The number of methoxy groups -OCH3 is 1. The smallest absolute Gasteiger partial charge is 0.191 e. The average Bonchev–Trinajstić information content (AvgIpc) is 3.13. The van der Waals surface area contributed by atoms with Crippen LogP contribution in [0.25, 0.3) is 0 Å². The summed E-state index contributed by atoms with van der Waals surface area (Å²) in [6.45, 7) is 8.00. The van der Waals surface area contributed by atoms with Gasteiger partial charge < -0.3 is 29.6 Å². The van der Waals surface area contributed by atoms with Gasteiger partial charge in [-0.15, -0.1) is 24.0 Å². The van der Waals surface area contributed by atoms with E-state index in [2.05, 4.69) is 15.6 Å². The Morgan fingerprint density at radius 1 is 1.21 bits per heavy atom. The molecule has 1 heterocycles. The van der Waals surface area contributed by atoms with E-state index < -0.39 is 5.60 Å². The second-order valence-electron chi connectivity index (χ2n) is 6.67. The Kier molecular flexibility index (Phi) is 11.1. The summed E-state index contributed by atoms with van der Waals surface area (Å²) in [5.41, 5.74) is -0.160. The number of hydrogen-bond donors (Lipinski definition) is 3. The number of ether oxygens (including phenoxy) is 2. The van der Waals surface area contributed by atoms with Crippen molar-refractivity contribution in [3.63, 3.8) is 0 Å². The number of benzene rings is 1. The molecule has 29 heavy (non-hydrogen) atoms. The second kappa shape index (κ2) is 12.7. The van der Waals surface area contributed by atoms with Crippen molar-refractivity contribution in [2.24, 2.45) is 4.99 Å². The second-order valence-corrected chi connectivity index (χ2v) is 6.67. The van der Waals surface area contributed by atoms with Gasteiger partial charge >= 0.3 is 0 Å². The SMILES string of the molecule is CCNC(=NCC(C)(O)c1ccc(C)o1)NCCOCc1ccccc1OC.I. The van der Waals surface area contributed by atoms with E-state index in [0.717, 1.165) is 23.6 Å². The van der Waals surface area contributed by atoms with Crippen molar-refractivity contribution < 1.29 is 19.0 Å². The summed E-state index contributed by atoms with van der Waals surface area (Å²) in [7, 11) is 1.65. The number of aliphatic imine (C=N–C) groups is 1. The van der Waals surface area contributed by atoms with Crippen LogP contribution >= 0.6 is 24.0 Å². The molecule has 1 aromatic carbocycles. The van der Waals surface area contributed by atoms with Crippen LogP contribution in [0.3, 0.4) is 0 Å². The molecule has 0 amide bonds. The van der Waals surface area contributed by atoms with Crippen molar-refractivity contribution in [3.8, 4) is 5.75 Å². The number of aryl methyl sites for hydroxylation is 1. The molecule has 0 aliphatic heterocycles. The number of rotatable bonds is 10. The van der Waals surface area contributed by atoms with Gasteiger partial charge in [-0.25, -0.2) is 4.99 Å². The predicted octanol–water partition coefficient (Wildman–Crippen LogP) is 3.19. The standard InChI is InChI=1S/C21H31N3O4.HI/c1-5-22-20(24-15-21(3,25)19-11-10-16(2)28-19)23-12-13-27-14-17-8-6-7-9-18(17)26-4;/h6-11,25H,5,12-15H2,1-4H3,(H2,22,23,24);1H. The highest BCUT2D eigenvalue weighted by Gasteiger charge is 2.26. The highest BCUT2D eigenvalue weighted by molar-refractivity contribution is 14.0. The number of nitrogens with zero attached hydrogens (tertiary/aromatic N) is 1. The van der Waals surface area contributed by atoms with Gasteiger partial charge in [0.15, 0.2) is 5.96 Å². The van der Waals surface area contributed by atoms with Crippen LogP contribution in [0.2, 0.25) is 0 Å². The molecule has 8 heteroatoms. The third-order valence-electron chi connectivity index (χ3n) is 4.15. The predicted molar refractivity (Wildman–Crippen MR) is 125 cm³/mol. The molecule has 162 valence electrons. The van der Waals surface area contributed by atoms with E-state index in [1.54, 1.807) is 20.1 Å². The maximum Gasteiger partial charge on any atom is 0.191 e. The first-order valence-electron chi connectivity index (χ1n) is 9.47. The summed E-state index contributed by atoms with van der Waals surface area (Å²) in [5, 5.41) is 17.0. The number of halogens is 1. The number of hydrogen-bond acceptors (Lipinski definition) is 5. The summed E-state index contributed by atoms with van der Waals surface area (Å²) in [6, 6.07) is 11.4. The van der Waals surface area contributed by atoms with Crippen molar-refractivity contribution in [2.75, 3.05) is 33.4 Å². The normalized spacial score (nSPS) is 13.3.